The van der Waals surface area contributed by atoms with Crippen LogP contribution in [-0.4, -0.2) is 59.6 Å². The molecule has 1 aromatic carbocycles. The molecule has 0 unspecified atom stereocenters. The Bertz CT molecular complexity index is 1630. The molecule has 1 saturated heterocycles. The third kappa shape index (κ3) is 4.54. The van der Waals surface area contributed by atoms with Crippen LogP contribution in [0.15, 0.2) is 52.7 Å². The standard InChI is InChI=1S/C26H24N8O3S/c1-15-10-22-30-31-23(16(2)34(22)32-15)26(36)33-8-6-17(7-9-33)25-29-20(13-38-25)24(35)28-19-5-3-4-18(11-19)21-12-27-14-37-21/h3-5,10-14,17H,6-9H2,1-2H3,(H,28,35). The summed E-state index contributed by atoms with van der Waals surface area (Å²) in [5.41, 5.74) is 4.29. The number of benzene rings is 1. The van der Waals surface area contributed by atoms with Crippen LogP contribution in [0.2, 0.25) is 0 Å². The Morgan fingerprint density at radius 1 is 1.13 bits per heavy atom. The van der Waals surface area contributed by atoms with Crippen molar-refractivity contribution in [1.29, 1.82) is 0 Å². The van der Waals surface area contributed by atoms with Crippen molar-refractivity contribution in [3.05, 3.63) is 76.1 Å². The quantitative estimate of drug-likeness (QED) is 0.360. The Labute approximate surface area is 221 Å². The van der Waals surface area contributed by atoms with Crippen LogP contribution in [0, 0.1) is 13.8 Å². The molecule has 0 spiro atoms. The highest BCUT2D eigenvalue weighted by Gasteiger charge is 2.29. The number of aromatic nitrogens is 6. The predicted octanol–water partition coefficient (Wildman–Crippen LogP) is 4.12. The second-order valence-electron chi connectivity index (χ2n) is 9.23. The number of aryl methyl sites for hydroxylation is 2. The number of nitrogens with one attached hydrogen (secondary N) is 1. The average Bonchev–Trinajstić information content (AvgIpc) is 3.70. The van der Waals surface area contributed by atoms with E-state index in [0.29, 0.717) is 47.3 Å². The Hall–Kier alpha value is -4.45. The minimum atomic E-state index is -0.270. The van der Waals surface area contributed by atoms with Gasteiger partial charge in [-0.3, -0.25) is 9.59 Å². The fourth-order valence-electron chi connectivity index (χ4n) is 4.64. The highest BCUT2D eigenvalue weighted by Crippen LogP contribution is 2.31. The molecular weight excluding hydrogens is 504 g/mol. The summed E-state index contributed by atoms with van der Waals surface area (Å²) in [5.74, 6) is 0.397. The SMILES string of the molecule is Cc1cc2nnc(C(=O)N3CCC(c4nc(C(=O)Nc5cccc(-c6cnco6)c5)cs4)CC3)c(C)n2n1. The number of hydrogen-bond donors (Lipinski definition) is 1. The lowest BCUT2D eigenvalue weighted by Gasteiger charge is -2.31. The van der Waals surface area contributed by atoms with Crippen LogP contribution in [0.5, 0.6) is 0 Å². The maximum absolute atomic E-state index is 13.2. The zero-order valence-corrected chi connectivity index (χ0v) is 21.6. The van der Waals surface area contributed by atoms with Gasteiger partial charge in [0.2, 0.25) is 0 Å². The molecule has 0 bridgehead atoms. The summed E-state index contributed by atoms with van der Waals surface area (Å²) in [5, 5.41) is 18.3. The van der Waals surface area contributed by atoms with E-state index in [1.165, 1.54) is 17.7 Å². The van der Waals surface area contributed by atoms with Gasteiger partial charge >= 0.3 is 0 Å². The first-order valence-corrected chi connectivity index (χ1v) is 13.1. The van der Waals surface area contributed by atoms with Crippen molar-refractivity contribution >= 4 is 34.5 Å². The van der Waals surface area contributed by atoms with Crippen LogP contribution in [-0.2, 0) is 0 Å². The predicted molar refractivity (Wildman–Crippen MR) is 140 cm³/mol. The van der Waals surface area contributed by atoms with Gasteiger partial charge in [-0.05, 0) is 38.8 Å². The second-order valence-corrected chi connectivity index (χ2v) is 10.1. The maximum atomic E-state index is 13.2. The van der Waals surface area contributed by atoms with Gasteiger partial charge in [-0.15, -0.1) is 21.5 Å². The van der Waals surface area contributed by atoms with E-state index in [1.54, 1.807) is 21.0 Å². The Balaban J connectivity index is 1.09. The number of anilines is 1. The fraction of sp³-hybridized carbons (Fsp3) is 0.269. The molecule has 0 radical (unpaired) electrons. The summed E-state index contributed by atoms with van der Waals surface area (Å²) < 4.78 is 7.00. The van der Waals surface area contributed by atoms with E-state index in [0.717, 1.165) is 29.1 Å². The second kappa shape index (κ2) is 9.78. The highest BCUT2D eigenvalue weighted by molar-refractivity contribution is 7.10. The van der Waals surface area contributed by atoms with Gasteiger partial charge in [0.15, 0.2) is 23.5 Å². The fourth-order valence-corrected chi connectivity index (χ4v) is 5.61. The number of oxazole rings is 1. The molecule has 38 heavy (non-hydrogen) atoms. The smallest absolute Gasteiger partial charge is 0.276 e. The molecule has 11 nitrogen and oxygen atoms in total. The highest BCUT2D eigenvalue weighted by atomic mass is 32.1. The largest absolute Gasteiger partial charge is 0.444 e. The molecular formula is C26H24N8O3S. The van der Waals surface area contributed by atoms with Crippen molar-refractivity contribution in [3.8, 4) is 11.3 Å². The summed E-state index contributed by atoms with van der Waals surface area (Å²) >= 11 is 1.48. The minimum absolute atomic E-state index is 0.143. The van der Waals surface area contributed by atoms with E-state index in [-0.39, 0.29) is 17.7 Å². The van der Waals surface area contributed by atoms with Crippen molar-refractivity contribution in [1.82, 2.24) is 34.7 Å². The molecule has 0 atom stereocenters. The Kier molecular flexibility index (Phi) is 6.16. The molecule has 12 heteroatoms. The van der Waals surface area contributed by atoms with Gasteiger partial charge in [0.1, 0.15) is 5.69 Å². The number of nitrogens with zero attached hydrogens (tertiary/aromatic N) is 7. The van der Waals surface area contributed by atoms with E-state index in [9.17, 15) is 9.59 Å². The number of likely N-dealkylation sites (tertiary alicyclic amines) is 1. The molecule has 1 aliphatic rings. The third-order valence-corrected chi connectivity index (χ3v) is 7.66. The normalized spacial score (nSPS) is 14.2. The van der Waals surface area contributed by atoms with Gasteiger partial charge in [-0.2, -0.15) is 5.10 Å². The number of piperidine rings is 1. The van der Waals surface area contributed by atoms with Crippen LogP contribution in [0.4, 0.5) is 5.69 Å². The molecule has 192 valence electrons. The molecule has 1 aliphatic heterocycles. The molecule has 1 fully saturated rings. The molecule has 0 saturated carbocycles. The zero-order valence-electron chi connectivity index (χ0n) is 20.8. The number of thiazole rings is 1. The maximum Gasteiger partial charge on any atom is 0.276 e. The van der Waals surface area contributed by atoms with Gasteiger partial charge in [-0.1, -0.05) is 12.1 Å². The van der Waals surface area contributed by atoms with Gasteiger partial charge in [-0.25, -0.2) is 14.5 Å². The first-order chi connectivity index (χ1) is 18.5. The van der Waals surface area contributed by atoms with E-state index in [2.05, 4.69) is 30.6 Å². The van der Waals surface area contributed by atoms with Crippen molar-refractivity contribution < 1.29 is 14.0 Å². The van der Waals surface area contributed by atoms with Crippen LogP contribution >= 0.6 is 11.3 Å². The van der Waals surface area contributed by atoms with Gasteiger partial charge < -0.3 is 14.6 Å². The molecule has 1 N–H and O–H groups in total. The van der Waals surface area contributed by atoms with Gasteiger partial charge in [0.05, 0.1) is 22.6 Å². The van der Waals surface area contributed by atoms with Crippen molar-refractivity contribution in [2.45, 2.75) is 32.6 Å². The first kappa shape index (κ1) is 23.9. The lowest BCUT2D eigenvalue weighted by atomic mass is 9.97. The van der Waals surface area contributed by atoms with E-state index < -0.39 is 0 Å². The summed E-state index contributed by atoms with van der Waals surface area (Å²) in [6, 6.07) is 9.21. The van der Waals surface area contributed by atoms with Crippen molar-refractivity contribution in [3.63, 3.8) is 0 Å². The Morgan fingerprint density at radius 2 is 1.97 bits per heavy atom. The van der Waals surface area contributed by atoms with E-state index in [1.807, 2.05) is 44.2 Å². The summed E-state index contributed by atoms with van der Waals surface area (Å²) in [6.07, 6.45) is 4.51. The third-order valence-electron chi connectivity index (χ3n) is 6.65. The summed E-state index contributed by atoms with van der Waals surface area (Å²) in [6.45, 7) is 4.87. The van der Waals surface area contributed by atoms with Crippen molar-refractivity contribution in [2.75, 3.05) is 18.4 Å². The molecule has 2 amide bonds. The van der Waals surface area contributed by atoms with Crippen LogP contribution < -0.4 is 5.32 Å². The summed E-state index contributed by atoms with van der Waals surface area (Å²) in [4.78, 5) is 36.4. The van der Waals surface area contributed by atoms with Crippen LogP contribution in [0.25, 0.3) is 17.0 Å². The van der Waals surface area contributed by atoms with E-state index in [4.69, 9.17) is 4.42 Å². The molecule has 6 rings (SSSR count). The first-order valence-electron chi connectivity index (χ1n) is 12.2. The van der Waals surface area contributed by atoms with Crippen molar-refractivity contribution in [2.24, 2.45) is 0 Å². The topological polar surface area (TPSA) is 131 Å². The monoisotopic (exact) mass is 528 g/mol. The number of carbonyl (C=O) groups is 2. The molecule has 0 aliphatic carbocycles. The molecule has 5 heterocycles. The minimum Gasteiger partial charge on any atom is -0.444 e. The van der Waals surface area contributed by atoms with E-state index >= 15 is 0 Å². The number of carbonyl (C=O) groups excluding carboxylic acids is 2. The number of amides is 2. The molecule has 5 aromatic rings. The molecule has 4 aromatic heterocycles. The van der Waals surface area contributed by atoms with Crippen LogP contribution in [0.3, 0.4) is 0 Å². The van der Waals surface area contributed by atoms with Crippen LogP contribution in [0.1, 0.15) is 56.1 Å². The number of hydrogen-bond acceptors (Lipinski definition) is 9. The number of rotatable bonds is 5. The lowest BCUT2D eigenvalue weighted by Crippen LogP contribution is -2.39. The van der Waals surface area contributed by atoms with Gasteiger partial charge in [0.25, 0.3) is 11.8 Å². The summed E-state index contributed by atoms with van der Waals surface area (Å²) in [7, 11) is 0. The van der Waals surface area contributed by atoms with Gasteiger partial charge in [0, 0.05) is 41.7 Å². The zero-order chi connectivity index (χ0) is 26.2. The number of fused-ring (bicyclic) bond motifs is 1. The lowest BCUT2D eigenvalue weighted by molar-refractivity contribution is 0.0704. The Morgan fingerprint density at radius 3 is 2.76 bits per heavy atom. The average molecular weight is 529 g/mol.